The zero-order valence-electron chi connectivity index (χ0n) is 16.5. The third-order valence-electron chi connectivity index (χ3n) is 4.75. The largest absolute Gasteiger partial charge is 0.454 e. The van der Waals surface area contributed by atoms with Gasteiger partial charge >= 0.3 is 0 Å². The number of halogens is 1. The number of pyridine rings is 1. The van der Waals surface area contributed by atoms with Crippen molar-refractivity contribution >= 4 is 37.6 Å². The van der Waals surface area contributed by atoms with Gasteiger partial charge in [0.25, 0.3) is 0 Å². The Kier molecular flexibility index (Phi) is 4.97. The Balaban J connectivity index is 1.71. The SMILES string of the molecule is Cc1ccc2cccc(S(=O)(=O)NC(O)c3cc4ccc(N(C)C)c(F)c4o3)c2n1. The minimum atomic E-state index is -4.14. The molecule has 2 heterocycles. The van der Waals surface area contributed by atoms with Gasteiger partial charge in [0.15, 0.2) is 17.6 Å². The highest BCUT2D eigenvalue weighted by molar-refractivity contribution is 7.89. The van der Waals surface area contributed by atoms with Gasteiger partial charge in [0.1, 0.15) is 10.7 Å². The second kappa shape index (κ2) is 7.35. The van der Waals surface area contributed by atoms with Crippen LogP contribution in [0.4, 0.5) is 10.1 Å². The molecule has 1 atom stereocenters. The predicted molar refractivity (Wildman–Crippen MR) is 112 cm³/mol. The van der Waals surface area contributed by atoms with Crippen LogP contribution in [-0.4, -0.2) is 32.6 Å². The molecule has 0 radical (unpaired) electrons. The molecule has 2 aromatic heterocycles. The molecule has 0 bridgehead atoms. The van der Waals surface area contributed by atoms with E-state index in [1.807, 2.05) is 0 Å². The maximum atomic E-state index is 14.6. The topological polar surface area (TPSA) is 95.7 Å². The van der Waals surface area contributed by atoms with Gasteiger partial charge in [-0.15, -0.1) is 0 Å². The molecule has 2 aromatic carbocycles. The van der Waals surface area contributed by atoms with Gasteiger partial charge in [0.2, 0.25) is 10.0 Å². The summed E-state index contributed by atoms with van der Waals surface area (Å²) in [7, 11) is -0.762. The summed E-state index contributed by atoms with van der Waals surface area (Å²) >= 11 is 0. The number of hydrogen-bond donors (Lipinski definition) is 2. The Morgan fingerprint density at radius 1 is 1.13 bits per heavy atom. The average molecular weight is 429 g/mol. The fourth-order valence-corrected chi connectivity index (χ4v) is 4.47. The van der Waals surface area contributed by atoms with Crippen molar-refractivity contribution in [3.8, 4) is 0 Å². The number of aryl methyl sites for hydroxylation is 1. The van der Waals surface area contributed by atoms with E-state index >= 15 is 0 Å². The van der Waals surface area contributed by atoms with E-state index in [4.69, 9.17) is 4.42 Å². The lowest BCUT2D eigenvalue weighted by Gasteiger charge is -2.13. The first-order valence-electron chi connectivity index (χ1n) is 9.13. The fourth-order valence-electron chi connectivity index (χ4n) is 3.26. The number of nitrogens with zero attached hydrogens (tertiary/aromatic N) is 2. The maximum absolute atomic E-state index is 14.6. The van der Waals surface area contributed by atoms with E-state index in [9.17, 15) is 17.9 Å². The van der Waals surface area contributed by atoms with E-state index in [1.54, 1.807) is 62.3 Å². The maximum Gasteiger partial charge on any atom is 0.245 e. The lowest BCUT2D eigenvalue weighted by molar-refractivity contribution is 0.141. The van der Waals surface area contributed by atoms with Gasteiger partial charge in [-0.3, -0.25) is 4.98 Å². The van der Waals surface area contributed by atoms with Gasteiger partial charge in [0.05, 0.1) is 11.2 Å². The molecule has 0 fully saturated rings. The second-order valence-corrected chi connectivity index (χ2v) is 8.85. The van der Waals surface area contributed by atoms with Crippen LogP contribution in [0.2, 0.25) is 0 Å². The van der Waals surface area contributed by atoms with Crippen molar-refractivity contribution in [3.05, 3.63) is 65.8 Å². The predicted octanol–water partition coefficient (Wildman–Crippen LogP) is 3.46. The number of anilines is 1. The number of aliphatic hydroxyl groups is 1. The number of para-hydroxylation sites is 1. The summed E-state index contributed by atoms with van der Waals surface area (Å²) in [6.07, 6.45) is -1.70. The van der Waals surface area contributed by atoms with Gasteiger partial charge in [-0.05, 0) is 37.3 Å². The number of nitrogens with one attached hydrogen (secondary N) is 1. The first kappa shape index (κ1) is 20.3. The number of fused-ring (bicyclic) bond motifs is 2. The molecule has 7 nitrogen and oxygen atoms in total. The highest BCUT2D eigenvalue weighted by Gasteiger charge is 2.25. The van der Waals surface area contributed by atoms with Crippen LogP contribution in [-0.2, 0) is 10.0 Å². The number of hydrogen-bond acceptors (Lipinski definition) is 6. The monoisotopic (exact) mass is 429 g/mol. The molecule has 156 valence electrons. The molecule has 0 amide bonds. The zero-order chi connectivity index (χ0) is 21.6. The molecule has 0 saturated heterocycles. The molecule has 30 heavy (non-hydrogen) atoms. The highest BCUT2D eigenvalue weighted by atomic mass is 32.2. The summed E-state index contributed by atoms with van der Waals surface area (Å²) < 4.78 is 48.1. The molecule has 4 rings (SSSR count). The van der Waals surface area contributed by atoms with Gasteiger partial charge < -0.3 is 14.4 Å². The van der Waals surface area contributed by atoms with Crippen LogP contribution in [0.25, 0.3) is 21.9 Å². The third-order valence-corrected chi connectivity index (χ3v) is 6.20. The smallest absolute Gasteiger partial charge is 0.245 e. The number of aliphatic hydroxyl groups excluding tert-OH is 1. The first-order valence-corrected chi connectivity index (χ1v) is 10.6. The number of rotatable bonds is 5. The van der Waals surface area contributed by atoms with Crippen LogP contribution in [0.1, 0.15) is 17.7 Å². The Morgan fingerprint density at radius 3 is 2.60 bits per heavy atom. The lowest BCUT2D eigenvalue weighted by atomic mass is 10.2. The van der Waals surface area contributed by atoms with Crippen molar-refractivity contribution < 1.29 is 22.3 Å². The van der Waals surface area contributed by atoms with E-state index in [0.717, 1.165) is 0 Å². The molecule has 2 N–H and O–H groups in total. The molecular formula is C21H20FN3O4S. The van der Waals surface area contributed by atoms with Crippen molar-refractivity contribution in [2.75, 3.05) is 19.0 Å². The number of furan rings is 1. The van der Waals surface area contributed by atoms with Crippen molar-refractivity contribution in [2.45, 2.75) is 18.0 Å². The minimum Gasteiger partial charge on any atom is -0.454 e. The molecule has 4 aromatic rings. The minimum absolute atomic E-state index is 0.0584. The zero-order valence-corrected chi connectivity index (χ0v) is 17.4. The van der Waals surface area contributed by atoms with Gasteiger partial charge in [-0.1, -0.05) is 18.2 Å². The molecule has 0 aliphatic heterocycles. The van der Waals surface area contributed by atoms with Gasteiger partial charge in [0, 0.05) is 30.6 Å². The first-order chi connectivity index (χ1) is 14.2. The van der Waals surface area contributed by atoms with Crippen LogP contribution in [0.15, 0.2) is 57.8 Å². The standard InChI is InChI=1S/C21H20FN3O4S/c1-12-7-8-13-5-4-6-17(19(13)23-12)30(27,28)24-21(26)16-11-14-9-10-15(25(2)3)18(22)20(14)29-16/h4-11,21,24,26H,1-3H3. The number of aromatic nitrogens is 1. The van der Waals surface area contributed by atoms with Crippen molar-refractivity contribution in [1.29, 1.82) is 0 Å². The van der Waals surface area contributed by atoms with Crippen LogP contribution < -0.4 is 9.62 Å². The Labute approximate surface area is 172 Å². The van der Waals surface area contributed by atoms with Crippen LogP contribution in [0.5, 0.6) is 0 Å². The Hall–Kier alpha value is -3.01. The van der Waals surface area contributed by atoms with Crippen LogP contribution in [0.3, 0.4) is 0 Å². The molecule has 9 heteroatoms. The molecule has 0 spiro atoms. The molecule has 0 saturated carbocycles. The summed E-state index contributed by atoms with van der Waals surface area (Å²) in [5.41, 5.74) is 1.21. The number of sulfonamides is 1. The van der Waals surface area contributed by atoms with Gasteiger partial charge in [-0.25, -0.2) is 12.8 Å². The van der Waals surface area contributed by atoms with E-state index in [1.165, 1.54) is 12.1 Å². The van der Waals surface area contributed by atoms with Crippen molar-refractivity contribution in [3.63, 3.8) is 0 Å². The highest BCUT2D eigenvalue weighted by Crippen LogP contribution is 2.31. The average Bonchev–Trinajstić information content (AvgIpc) is 3.12. The summed E-state index contributed by atoms with van der Waals surface area (Å²) in [5, 5.41) is 11.5. The summed E-state index contributed by atoms with van der Waals surface area (Å²) in [6.45, 7) is 1.76. The Bertz CT molecular complexity index is 1370. The molecule has 0 aliphatic carbocycles. The van der Waals surface area contributed by atoms with E-state index in [2.05, 4.69) is 9.71 Å². The lowest BCUT2D eigenvalue weighted by Crippen LogP contribution is -2.28. The summed E-state index contributed by atoms with van der Waals surface area (Å²) in [6, 6.07) is 12.9. The Morgan fingerprint density at radius 2 is 1.87 bits per heavy atom. The van der Waals surface area contributed by atoms with Crippen molar-refractivity contribution in [1.82, 2.24) is 9.71 Å². The van der Waals surface area contributed by atoms with E-state index in [0.29, 0.717) is 27.7 Å². The number of benzene rings is 2. The molecule has 0 aliphatic rings. The van der Waals surface area contributed by atoms with Crippen molar-refractivity contribution in [2.24, 2.45) is 0 Å². The fraction of sp³-hybridized carbons (Fsp3) is 0.190. The van der Waals surface area contributed by atoms with E-state index < -0.39 is 22.1 Å². The molecule has 1 unspecified atom stereocenters. The third kappa shape index (κ3) is 3.51. The van der Waals surface area contributed by atoms with E-state index in [-0.39, 0.29) is 16.2 Å². The normalized spacial score (nSPS) is 13.1. The quantitative estimate of drug-likeness (QED) is 0.472. The van der Waals surface area contributed by atoms with Crippen LogP contribution in [0, 0.1) is 12.7 Å². The second-order valence-electron chi connectivity index (χ2n) is 7.16. The van der Waals surface area contributed by atoms with Gasteiger partial charge in [-0.2, -0.15) is 4.72 Å². The summed E-state index contributed by atoms with van der Waals surface area (Å²) in [4.78, 5) is 5.84. The molecular weight excluding hydrogens is 409 g/mol. The summed E-state index contributed by atoms with van der Waals surface area (Å²) in [5.74, 6) is -0.708. The van der Waals surface area contributed by atoms with Crippen LogP contribution >= 0.6 is 0 Å².